The molecule has 0 radical (unpaired) electrons. The number of likely N-dealkylation sites (tertiary alicyclic amines) is 1. The Balaban J connectivity index is 1.88. The minimum atomic E-state index is -0.711. The number of carboxylic acids is 1. The Morgan fingerprint density at radius 1 is 1.58 bits per heavy atom. The van der Waals surface area contributed by atoms with Gasteiger partial charge in [-0.25, -0.2) is 0 Å². The van der Waals surface area contributed by atoms with Crippen LogP contribution in [-0.2, 0) is 11.3 Å². The van der Waals surface area contributed by atoms with Crippen molar-refractivity contribution in [1.82, 2.24) is 15.1 Å². The van der Waals surface area contributed by atoms with Gasteiger partial charge in [0.2, 0.25) is 11.8 Å². The summed E-state index contributed by atoms with van der Waals surface area (Å²) in [6.07, 6.45) is 2.45. The van der Waals surface area contributed by atoms with E-state index in [1.54, 1.807) is 6.92 Å². The molecule has 1 saturated heterocycles. The Kier molecular flexibility index (Phi) is 4.52. The van der Waals surface area contributed by atoms with Crippen molar-refractivity contribution in [1.29, 1.82) is 0 Å². The van der Waals surface area contributed by atoms with Crippen LogP contribution >= 0.6 is 0 Å². The smallest absolute Gasteiger partial charge is 0.303 e. The number of hydrogen-bond acceptors (Lipinski definition) is 5. The molecule has 2 rings (SSSR count). The number of aryl methyl sites for hydroxylation is 1. The number of piperidine rings is 1. The summed E-state index contributed by atoms with van der Waals surface area (Å²) >= 11 is 0. The van der Waals surface area contributed by atoms with Crippen LogP contribution in [0.1, 0.15) is 38.0 Å². The van der Waals surface area contributed by atoms with Crippen molar-refractivity contribution in [3.05, 3.63) is 11.8 Å². The summed E-state index contributed by atoms with van der Waals surface area (Å²) in [5, 5.41) is 16.7. The summed E-state index contributed by atoms with van der Waals surface area (Å²) in [4.78, 5) is 13.1. The first-order chi connectivity index (χ1) is 9.04. The highest BCUT2D eigenvalue weighted by Gasteiger charge is 2.26. The molecule has 1 aromatic rings. The first kappa shape index (κ1) is 14.0. The molecule has 0 aliphatic carbocycles. The molecule has 6 heteroatoms. The predicted octanol–water partition coefficient (Wildman–Crippen LogP) is 1.70. The summed E-state index contributed by atoms with van der Waals surface area (Å²) in [5.74, 6) is 1.17. The minimum absolute atomic E-state index is 0.213. The maximum atomic E-state index is 10.8. The highest BCUT2D eigenvalue weighted by Crippen LogP contribution is 2.26. The van der Waals surface area contributed by atoms with Crippen molar-refractivity contribution in [3.8, 4) is 0 Å². The molecule has 0 bridgehead atoms. The van der Waals surface area contributed by atoms with Gasteiger partial charge in [0.05, 0.1) is 6.54 Å². The lowest BCUT2D eigenvalue weighted by molar-refractivity contribution is -0.138. The second-order valence-corrected chi connectivity index (χ2v) is 5.43. The van der Waals surface area contributed by atoms with Gasteiger partial charge in [0.15, 0.2) is 0 Å². The molecule has 106 valence electrons. The molecule has 1 aromatic heterocycles. The van der Waals surface area contributed by atoms with Crippen molar-refractivity contribution >= 4 is 5.97 Å². The second-order valence-electron chi connectivity index (χ2n) is 5.43. The third-order valence-electron chi connectivity index (χ3n) is 3.77. The third-order valence-corrected chi connectivity index (χ3v) is 3.77. The summed E-state index contributed by atoms with van der Waals surface area (Å²) in [5.41, 5.74) is 0. The molecule has 1 N–H and O–H groups in total. The summed E-state index contributed by atoms with van der Waals surface area (Å²) in [7, 11) is 0. The van der Waals surface area contributed by atoms with E-state index in [2.05, 4.69) is 15.1 Å². The molecular weight excluding hydrogens is 246 g/mol. The Hall–Kier alpha value is -1.43. The van der Waals surface area contributed by atoms with Crippen LogP contribution in [0.3, 0.4) is 0 Å². The van der Waals surface area contributed by atoms with Crippen molar-refractivity contribution in [2.45, 2.75) is 39.7 Å². The summed E-state index contributed by atoms with van der Waals surface area (Å²) in [6.45, 7) is 6.40. The van der Waals surface area contributed by atoms with Gasteiger partial charge in [-0.3, -0.25) is 9.69 Å². The monoisotopic (exact) mass is 267 g/mol. The molecule has 0 amide bonds. The fraction of sp³-hybridized carbons (Fsp3) is 0.769. The molecule has 0 spiro atoms. The van der Waals surface area contributed by atoms with Crippen LogP contribution in [0.25, 0.3) is 0 Å². The zero-order valence-corrected chi connectivity index (χ0v) is 11.5. The van der Waals surface area contributed by atoms with E-state index >= 15 is 0 Å². The average Bonchev–Trinajstić information content (AvgIpc) is 2.74. The van der Waals surface area contributed by atoms with Crippen molar-refractivity contribution in [2.24, 2.45) is 11.8 Å². The molecule has 2 unspecified atom stereocenters. The van der Waals surface area contributed by atoms with E-state index in [0.717, 1.165) is 25.9 Å². The van der Waals surface area contributed by atoms with Gasteiger partial charge in [-0.15, -0.1) is 10.2 Å². The lowest BCUT2D eigenvalue weighted by Gasteiger charge is -2.34. The van der Waals surface area contributed by atoms with Crippen LogP contribution in [0.4, 0.5) is 0 Å². The largest absolute Gasteiger partial charge is 0.481 e. The number of nitrogens with zero attached hydrogens (tertiary/aromatic N) is 3. The van der Waals surface area contributed by atoms with Gasteiger partial charge in [0.1, 0.15) is 0 Å². The number of carbonyl (C=O) groups is 1. The van der Waals surface area contributed by atoms with Crippen LogP contribution in [-0.4, -0.2) is 39.3 Å². The van der Waals surface area contributed by atoms with Gasteiger partial charge in [-0.1, -0.05) is 6.92 Å². The molecule has 1 aliphatic rings. The van der Waals surface area contributed by atoms with Crippen LogP contribution in [0.2, 0.25) is 0 Å². The van der Waals surface area contributed by atoms with Gasteiger partial charge in [-0.2, -0.15) is 0 Å². The van der Waals surface area contributed by atoms with E-state index < -0.39 is 5.97 Å². The fourth-order valence-corrected chi connectivity index (χ4v) is 2.73. The van der Waals surface area contributed by atoms with Gasteiger partial charge in [-0.05, 0) is 31.2 Å². The van der Waals surface area contributed by atoms with Crippen LogP contribution < -0.4 is 0 Å². The fourth-order valence-electron chi connectivity index (χ4n) is 2.73. The number of aliphatic carboxylic acids is 1. The molecule has 6 nitrogen and oxygen atoms in total. The van der Waals surface area contributed by atoms with Crippen molar-refractivity contribution in [3.63, 3.8) is 0 Å². The Bertz CT molecular complexity index is 433. The first-order valence-electron chi connectivity index (χ1n) is 6.77. The lowest BCUT2D eigenvalue weighted by Crippen LogP contribution is -2.37. The molecule has 19 heavy (non-hydrogen) atoms. The van der Waals surface area contributed by atoms with E-state index in [1.165, 1.54) is 0 Å². The molecular formula is C13H21N3O3. The van der Waals surface area contributed by atoms with E-state index in [4.69, 9.17) is 9.52 Å². The van der Waals surface area contributed by atoms with E-state index in [0.29, 0.717) is 24.2 Å². The Labute approximate surface area is 112 Å². The van der Waals surface area contributed by atoms with Gasteiger partial charge in [0, 0.05) is 19.9 Å². The van der Waals surface area contributed by atoms with Crippen LogP contribution in [0.5, 0.6) is 0 Å². The van der Waals surface area contributed by atoms with Crippen LogP contribution in [0.15, 0.2) is 4.42 Å². The van der Waals surface area contributed by atoms with Gasteiger partial charge >= 0.3 is 5.97 Å². The number of hydrogen-bond donors (Lipinski definition) is 1. The summed E-state index contributed by atoms with van der Waals surface area (Å²) < 4.78 is 5.39. The first-order valence-corrected chi connectivity index (χ1v) is 6.77. The van der Waals surface area contributed by atoms with Crippen molar-refractivity contribution < 1.29 is 14.3 Å². The Morgan fingerprint density at radius 3 is 3.00 bits per heavy atom. The minimum Gasteiger partial charge on any atom is -0.481 e. The van der Waals surface area contributed by atoms with E-state index in [-0.39, 0.29) is 12.3 Å². The molecule has 0 saturated carbocycles. The quantitative estimate of drug-likeness (QED) is 0.874. The number of aromatic nitrogens is 2. The predicted molar refractivity (Wildman–Crippen MR) is 68.5 cm³/mol. The van der Waals surface area contributed by atoms with Gasteiger partial charge < -0.3 is 9.52 Å². The SMILES string of the molecule is Cc1nnc(CN2CCCC(C(C)CC(=O)O)C2)o1. The normalized spacial score (nSPS) is 22.3. The highest BCUT2D eigenvalue weighted by molar-refractivity contribution is 5.66. The molecule has 1 aliphatic heterocycles. The average molecular weight is 267 g/mol. The molecule has 1 fully saturated rings. The highest BCUT2D eigenvalue weighted by atomic mass is 16.4. The Morgan fingerprint density at radius 2 is 2.37 bits per heavy atom. The van der Waals surface area contributed by atoms with Gasteiger partial charge in [0.25, 0.3) is 0 Å². The van der Waals surface area contributed by atoms with E-state index in [9.17, 15) is 4.79 Å². The molecule has 2 heterocycles. The van der Waals surface area contributed by atoms with Crippen molar-refractivity contribution in [2.75, 3.05) is 13.1 Å². The zero-order chi connectivity index (χ0) is 13.8. The molecule has 2 atom stereocenters. The topological polar surface area (TPSA) is 79.5 Å². The third kappa shape index (κ3) is 4.02. The maximum absolute atomic E-state index is 10.8. The number of carboxylic acid groups (broad SMARTS) is 1. The summed E-state index contributed by atoms with van der Waals surface area (Å²) in [6, 6.07) is 0. The molecule has 0 aromatic carbocycles. The van der Waals surface area contributed by atoms with Crippen LogP contribution in [0, 0.1) is 18.8 Å². The number of rotatable bonds is 5. The standard InChI is InChI=1S/C13H21N3O3/c1-9(6-13(17)18)11-4-3-5-16(7-11)8-12-15-14-10(2)19-12/h9,11H,3-8H2,1-2H3,(H,17,18). The second kappa shape index (κ2) is 6.14. The maximum Gasteiger partial charge on any atom is 0.303 e. The zero-order valence-electron chi connectivity index (χ0n) is 11.5. The van der Waals surface area contributed by atoms with E-state index in [1.807, 2.05) is 6.92 Å². The lowest BCUT2D eigenvalue weighted by atomic mass is 9.85.